The van der Waals surface area contributed by atoms with E-state index < -0.39 is 17.1 Å². The van der Waals surface area contributed by atoms with E-state index in [9.17, 15) is 10.1 Å². The van der Waals surface area contributed by atoms with Gasteiger partial charge in [-0.25, -0.2) is 0 Å². The van der Waals surface area contributed by atoms with Crippen LogP contribution in [0.5, 0.6) is 0 Å². The van der Waals surface area contributed by atoms with Gasteiger partial charge in [0.1, 0.15) is 0 Å². The summed E-state index contributed by atoms with van der Waals surface area (Å²) in [6, 6.07) is 0. The summed E-state index contributed by atoms with van der Waals surface area (Å²) >= 11 is 0. The van der Waals surface area contributed by atoms with Gasteiger partial charge in [0, 0.05) is 11.3 Å². The highest BCUT2D eigenvalue weighted by molar-refractivity contribution is 5.21. The van der Waals surface area contributed by atoms with Crippen LogP contribution in [-0.4, -0.2) is 28.0 Å². The highest BCUT2D eigenvalue weighted by Crippen LogP contribution is 2.16. The van der Waals surface area contributed by atoms with Crippen molar-refractivity contribution in [2.45, 2.75) is 12.7 Å². The quantitative estimate of drug-likeness (QED) is 0.284. The Kier molecular flexibility index (Phi) is 6.24. The lowest BCUT2D eigenvalue weighted by atomic mass is 9.96. The number of nitrogens with zero attached hydrogens (tertiary/aromatic N) is 1. The Bertz CT molecular complexity index is 271. The van der Waals surface area contributed by atoms with E-state index in [1.807, 2.05) is 0 Å². The van der Waals surface area contributed by atoms with Crippen molar-refractivity contribution in [1.82, 2.24) is 0 Å². The molecule has 5 heteroatoms. The maximum absolute atomic E-state index is 10.3. The van der Waals surface area contributed by atoms with Gasteiger partial charge in [-0.2, -0.15) is 0 Å². The van der Waals surface area contributed by atoms with Crippen LogP contribution in [0.1, 0.15) is 6.42 Å². The lowest BCUT2D eigenvalue weighted by molar-refractivity contribution is -0.487. The fraction of sp³-hybridized carbons (Fsp3) is 0.400. The Balaban J connectivity index is 4.46. The molecule has 0 amide bonds. The predicted molar refractivity (Wildman–Crippen MR) is 56.7 cm³/mol. The van der Waals surface area contributed by atoms with Gasteiger partial charge >= 0.3 is 0 Å². The maximum Gasteiger partial charge on any atom is 0.210 e. The minimum Gasteiger partial charge on any atom is -0.368 e. The second kappa shape index (κ2) is 6.92. The van der Waals surface area contributed by atoms with Gasteiger partial charge in [0.25, 0.3) is 0 Å². The molecule has 84 valence electrons. The van der Waals surface area contributed by atoms with Crippen molar-refractivity contribution in [3.05, 3.63) is 47.1 Å². The van der Waals surface area contributed by atoms with E-state index in [4.69, 9.17) is 10.2 Å². The summed E-state index contributed by atoms with van der Waals surface area (Å²) in [5, 5.41) is 27.8. The van der Waals surface area contributed by atoms with Gasteiger partial charge in [0.15, 0.2) is 6.29 Å². The van der Waals surface area contributed by atoms with Crippen molar-refractivity contribution < 1.29 is 15.1 Å². The number of hydrogen-bond donors (Lipinski definition) is 2. The minimum absolute atomic E-state index is 0.0959. The summed E-state index contributed by atoms with van der Waals surface area (Å²) in [7, 11) is 0. The molecule has 0 aliphatic carbocycles. The van der Waals surface area contributed by atoms with E-state index in [0.717, 1.165) is 0 Å². The zero-order chi connectivity index (χ0) is 11.8. The molecule has 0 spiro atoms. The molecule has 15 heavy (non-hydrogen) atoms. The van der Waals surface area contributed by atoms with E-state index in [1.165, 1.54) is 6.08 Å². The van der Waals surface area contributed by atoms with Crippen LogP contribution in [0.3, 0.4) is 0 Å². The number of aliphatic hydroxyl groups excluding tert-OH is 1. The molecule has 0 aliphatic heterocycles. The van der Waals surface area contributed by atoms with Crippen LogP contribution in [0, 0.1) is 16.0 Å². The van der Waals surface area contributed by atoms with Crippen LogP contribution in [0.25, 0.3) is 0 Å². The average molecular weight is 213 g/mol. The van der Waals surface area contributed by atoms with E-state index in [-0.39, 0.29) is 13.0 Å². The fourth-order valence-electron chi connectivity index (χ4n) is 1.11. The fourth-order valence-corrected chi connectivity index (χ4v) is 1.11. The van der Waals surface area contributed by atoms with Gasteiger partial charge in [0.05, 0.1) is 5.92 Å². The lowest BCUT2D eigenvalue weighted by Crippen LogP contribution is -2.21. The Hall–Kier alpha value is -1.46. The molecule has 0 aliphatic rings. The lowest BCUT2D eigenvalue weighted by Gasteiger charge is -2.13. The molecule has 0 heterocycles. The molecule has 0 saturated heterocycles. The van der Waals surface area contributed by atoms with Crippen molar-refractivity contribution in [1.29, 1.82) is 0 Å². The zero-order valence-corrected chi connectivity index (χ0v) is 8.37. The molecule has 0 aromatic heterocycles. The average Bonchev–Trinajstić information content (AvgIpc) is 2.11. The van der Waals surface area contributed by atoms with Gasteiger partial charge in [-0.3, -0.25) is 10.1 Å². The first-order valence-corrected chi connectivity index (χ1v) is 4.43. The normalized spacial score (nSPS) is 13.0. The summed E-state index contributed by atoms with van der Waals surface area (Å²) < 4.78 is 0. The van der Waals surface area contributed by atoms with Crippen molar-refractivity contribution in [3.8, 4) is 0 Å². The van der Waals surface area contributed by atoms with Crippen molar-refractivity contribution in [2.75, 3.05) is 6.54 Å². The largest absolute Gasteiger partial charge is 0.368 e. The van der Waals surface area contributed by atoms with E-state index in [1.54, 1.807) is 12.2 Å². The molecule has 1 atom stereocenters. The summed E-state index contributed by atoms with van der Waals surface area (Å²) in [6.45, 7) is 6.73. The topological polar surface area (TPSA) is 83.6 Å². The molecule has 0 radical (unpaired) electrons. The van der Waals surface area contributed by atoms with Gasteiger partial charge in [0.2, 0.25) is 6.54 Å². The van der Waals surface area contributed by atoms with Crippen molar-refractivity contribution >= 4 is 0 Å². The van der Waals surface area contributed by atoms with Crippen LogP contribution in [-0.2, 0) is 0 Å². The first-order chi connectivity index (χ1) is 6.97. The van der Waals surface area contributed by atoms with Gasteiger partial charge < -0.3 is 10.2 Å². The number of rotatable bonds is 7. The van der Waals surface area contributed by atoms with Gasteiger partial charge in [-0.05, 0) is 5.57 Å². The second-order valence-electron chi connectivity index (χ2n) is 3.10. The van der Waals surface area contributed by atoms with E-state index in [2.05, 4.69) is 13.2 Å². The molecule has 1 unspecified atom stereocenters. The van der Waals surface area contributed by atoms with E-state index >= 15 is 0 Å². The standard InChI is InChI=1S/C10H15NO4/c1-3-4-5-8(2)9(6-10(12)13)7-11(14)15/h3-5,9-10,12-13H,1-2,6-7H2/b5-4-. The molecule has 2 N–H and O–H groups in total. The van der Waals surface area contributed by atoms with Crippen LogP contribution >= 0.6 is 0 Å². The Morgan fingerprint density at radius 1 is 1.53 bits per heavy atom. The smallest absolute Gasteiger partial charge is 0.210 e. The predicted octanol–water partition coefficient (Wildman–Crippen LogP) is 0.878. The highest BCUT2D eigenvalue weighted by Gasteiger charge is 2.20. The molecule has 0 fully saturated rings. The highest BCUT2D eigenvalue weighted by atomic mass is 16.6. The third kappa shape index (κ3) is 6.59. The summed E-state index contributed by atoms with van der Waals surface area (Å²) in [5.74, 6) is -0.573. The van der Waals surface area contributed by atoms with E-state index in [0.29, 0.717) is 5.57 Å². The minimum atomic E-state index is -1.57. The van der Waals surface area contributed by atoms with Crippen LogP contribution in [0.2, 0.25) is 0 Å². The first-order valence-electron chi connectivity index (χ1n) is 4.43. The first kappa shape index (κ1) is 13.5. The molecular weight excluding hydrogens is 198 g/mol. The zero-order valence-electron chi connectivity index (χ0n) is 8.37. The summed E-state index contributed by atoms with van der Waals surface area (Å²) in [6.07, 6.45) is 3.03. The van der Waals surface area contributed by atoms with Crippen molar-refractivity contribution in [2.24, 2.45) is 5.92 Å². The number of aliphatic hydroxyl groups is 2. The SMILES string of the molecule is C=C/C=C\C(=C)C(CC(O)O)C[N+](=O)[O-]. The van der Waals surface area contributed by atoms with Crippen LogP contribution in [0.4, 0.5) is 0 Å². The molecule has 0 aromatic rings. The molecule has 0 aromatic carbocycles. The third-order valence-electron chi connectivity index (χ3n) is 1.84. The monoisotopic (exact) mass is 213 g/mol. The molecular formula is C10H15NO4. The number of nitro groups is 1. The second-order valence-corrected chi connectivity index (χ2v) is 3.10. The van der Waals surface area contributed by atoms with Crippen LogP contribution in [0.15, 0.2) is 37.0 Å². The van der Waals surface area contributed by atoms with Gasteiger partial charge in [-0.1, -0.05) is 31.4 Å². The molecule has 0 saturated carbocycles. The van der Waals surface area contributed by atoms with Gasteiger partial charge in [-0.15, -0.1) is 0 Å². The maximum atomic E-state index is 10.3. The third-order valence-corrected chi connectivity index (χ3v) is 1.84. The molecule has 5 nitrogen and oxygen atoms in total. The number of allylic oxidation sites excluding steroid dienone is 3. The molecule has 0 bridgehead atoms. The summed E-state index contributed by atoms with van der Waals surface area (Å²) in [5.41, 5.74) is 0.486. The Morgan fingerprint density at radius 2 is 2.13 bits per heavy atom. The number of hydrogen-bond acceptors (Lipinski definition) is 4. The van der Waals surface area contributed by atoms with Crippen LogP contribution < -0.4 is 0 Å². The molecule has 0 rings (SSSR count). The Morgan fingerprint density at radius 3 is 2.53 bits per heavy atom. The Labute approximate surface area is 88.2 Å². The summed E-state index contributed by atoms with van der Waals surface area (Å²) in [4.78, 5) is 9.83. The van der Waals surface area contributed by atoms with Crippen molar-refractivity contribution in [3.63, 3.8) is 0 Å².